The molecule has 0 aliphatic heterocycles. The van der Waals surface area contributed by atoms with E-state index in [1.54, 1.807) is 6.07 Å². The molecule has 0 heterocycles. The summed E-state index contributed by atoms with van der Waals surface area (Å²) >= 11 is 1.44. The molecule has 0 saturated heterocycles. The van der Waals surface area contributed by atoms with Crippen LogP contribution < -0.4 is 5.73 Å². The normalized spacial score (nSPS) is 25.0. The Kier molecular flexibility index (Phi) is 5.22. The smallest absolute Gasteiger partial charge is 0.326 e. The number of carbonyl (C=O) groups excluding carboxylic acids is 1. The lowest BCUT2D eigenvalue weighted by Gasteiger charge is -2.28. The molecule has 0 spiro atoms. The van der Waals surface area contributed by atoms with Crippen molar-refractivity contribution in [2.24, 2.45) is 11.7 Å². The van der Waals surface area contributed by atoms with Gasteiger partial charge in [0.1, 0.15) is 5.54 Å². The van der Waals surface area contributed by atoms with Gasteiger partial charge in [0.15, 0.2) is 11.6 Å². The molecule has 1 saturated carbocycles. The first-order valence-electron chi connectivity index (χ1n) is 6.92. The maximum Gasteiger partial charge on any atom is 0.326 e. The number of nitrogens with two attached hydrogens (primary N) is 1. The van der Waals surface area contributed by atoms with E-state index < -0.39 is 17.2 Å². The van der Waals surface area contributed by atoms with E-state index in [1.807, 2.05) is 0 Å². The standard InChI is InChI=1S/C15H19F2NO2S/c1-20-14(19)15(18)7-2-3-10(15)6-8-21-11-4-5-12(16)13(17)9-11/h4-5,9-10H,2-3,6-8,18H2,1H3. The number of ether oxygens (including phenoxy) is 1. The Bertz CT molecular complexity index is 526. The third-order valence-corrected chi connectivity index (χ3v) is 5.09. The minimum absolute atomic E-state index is 0.0720. The molecule has 0 amide bonds. The van der Waals surface area contributed by atoms with Crippen molar-refractivity contribution in [3.63, 3.8) is 0 Å². The number of hydrogen-bond donors (Lipinski definition) is 1. The Morgan fingerprint density at radius 1 is 1.48 bits per heavy atom. The average Bonchev–Trinajstić information content (AvgIpc) is 2.84. The zero-order chi connectivity index (χ0) is 15.5. The molecule has 3 nitrogen and oxygen atoms in total. The number of esters is 1. The van der Waals surface area contributed by atoms with Crippen LogP contribution in [0.3, 0.4) is 0 Å². The predicted molar refractivity (Wildman–Crippen MR) is 78.0 cm³/mol. The molecule has 2 unspecified atom stereocenters. The van der Waals surface area contributed by atoms with Gasteiger partial charge in [-0.1, -0.05) is 6.42 Å². The predicted octanol–water partition coefficient (Wildman–Crippen LogP) is 3.12. The van der Waals surface area contributed by atoms with Gasteiger partial charge in [0.05, 0.1) is 7.11 Å². The molecule has 1 fully saturated rings. The first-order valence-corrected chi connectivity index (χ1v) is 7.91. The van der Waals surface area contributed by atoms with Gasteiger partial charge in [-0.15, -0.1) is 11.8 Å². The fourth-order valence-corrected chi connectivity index (χ4v) is 3.84. The van der Waals surface area contributed by atoms with Crippen LogP contribution in [0.5, 0.6) is 0 Å². The molecular formula is C15H19F2NO2S. The number of methoxy groups -OCH3 is 1. The highest BCUT2D eigenvalue weighted by Crippen LogP contribution is 2.38. The highest BCUT2D eigenvalue weighted by molar-refractivity contribution is 7.99. The van der Waals surface area contributed by atoms with E-state index in [-0.39, 0.29) is 11.9 Å². The topological polar surface area (TPSA) is 52.3 Å². The van der Waals surface area contributed by atoms with Crippen molar-refractivity contribution >= 4 is 17.7 Å². The zero-order valence-electron chi connectivity index (χ0n) is 11.9. The summed E-state index contributed by atoms with van der Waals surface area (Å²) in [6.45, 7) is 0. The largest absolute Gasteiger partial charge is 0.468 e. The number of hydrogen-bond acceptors (Lipinski definition) is 4. The Labute approximate surface area is 127 Å². The summed E-state index contributed by atoms with van der Waals surface area (Å²) in [6, 6.07) is 3.85. The van der Waals surface area contributed by atoms with Gasteiger partial charge in [-0.3, -0.25) is 4.79 Å². The summed E-state index contributed by atoms with van der Waals surface area (Å²) in [6.07, 6.45) is 3.19. The van der Waals surface area contributed by atoms with Gasteiger partial charge >= 0.3 is 5.97 Å². The third kappa shape index (κ3) is 3.55. The van der Waals surface area contributed by atoms with Crippen LogP contribution in [-0.4, -0.2) is 24.4 Å². The highest BCUT2D eigenvalue weighted by atomic mass is 32.2. The Morgan fingerprint density at radius 3 is 2.90 bits per heavy atom. The van der Waals surface area contributed by atoms with E-state index in [2.05, 4.69) is 0 Å². The fraction of sp³-hybridized carbons (Fsp3) is 0.533. The zero-order valence-corrected chi connectivity index (χ0v) is 12.7. The van der Waals surface area contributed by atoms with Crippen LogP contribution in [0.1, 0.15) is 25.7 Å². The van der Waals surface area contributed by atoms with Gasteiger partial charge in [0.25, 0.3) is 0 Å². The number of halogens is 2. The third-order valence-electron chi connectivity index (χ3n) is 4.06. The first-order chi connectivity index (χ1) is 9.97. The maximum absolute atomic E-state index is 13.1. The van der Waals surface area contributed by atoms with Gasteiger partial charge < -0.3 is 10.5 Å². The lowest BCUT2D eigenvalue weighted by Crippen LogP contribution is -2.51. The minimum Gasteiger partial charge on any atom is -0.468 e. The van der Waals surface area contributed by atoms with E-state index in [9.17, 15) is 13.6 Å². The lowest BCUT2D eigenvalue weighted by molar-refractivity contribution is -0.148. The molecular weight excluding hydrogens is 296 g/mol. The minimum atomic E-state index is -0.899. The van der Waals surface area contributed by atoms with E-state index in [4.69, 9.17) is 10.5 Å². The van der Waals surface area contributed by atoms with E-state index >= 15 is 0 Å². The average molecular weight is 315 g/mol. The van der Waals surface area contributed by atoms with Gasteiger partial charge in [0, 0.05) is 4.90 Å². The summed E-state index contributed by atoms with van der Waals surface area (Å²) in [5.74, 6) is -1.28. The van der Waals surface area contributed by atoms with Gasteiger partial charge in [-0.25, -0.2) is 8.78 Å². The second-order valence-electron chi connectivity index (χ2n) is 5.33. The molecule has 1 aromatic rings. The molecule has 0 bridgehead atoms. The monoisotopic (exact) mass is 315 g/mol. The molecule has 2 rings (SSSR count). The van der Waals surface area contributed by atoms with Crippen molar-refractivity contribution in [3.8, 4) is 0 Å². The number of rotatable bonds is 5. The molecule has 21 heavy (non-hydrogen) atoms. The number of thioether (sulfide) groups is 1. The van der Waals surface area contributed by atoms with Crippen LogP contribution in [0.4, 0.5) is 8.78 Å². The molecule has 116 valence electrons. The molecule has 0 aromatic heterocycles. The first kappa shape index (κ1) is 16.2. The quantitative estimate of drug-likeness (QED) is 0.670. The van der Waals surface area contributed by atoms with E-state index in [0.29, 0.717) is 17.1 Å². The Morgan fingerprint density at radius 2 is 2.24 bits per heavy atom. The van der Waals surface area contributed by atoms with E-state index in [1.165, 1.54) is 24.9 Å². The van der Waals surface area contributed by atoms with Crippen molar-refractivity contribution in [2.45, 2.75) is 36.1 Å². The summed E-state index contributed by atoms with van der Waals surface area (Å²) in [7, 11) is 1.35. The van der Waals surface area contributed by atoms with Crippen molar-refractivity contribution < 1.29 is 18.3 Å². The molecule has 1 aliphatic carbocycles. The van der Waals surface area contributed by atoms with Crippen molar-refractivity contribution in [1.82, 2.24) is 0 Å². The second kappa shape index (κ2) is 6.75. The Balaban J connectivity index is 1.90. The van der Waals surface area contributed by atoms with Crippen LogP contribution in [-0.2, 0) is 9.53 Å². The van der Waals surface area contributed by atoms with Crippen molar-refractivity contribution in [2.75, 3.05) is 12.9 Å². The fourth-order valence-electron chi connectivity index (χ4n) is 2.85. The van der Waals surface area contributed by atoms with Crippen LogP contribution in [0, 0.1) is 17.6 Å². The van der Waals surface area contributed by atoms with Crippen LogP contribution in [0.15, 0.2) is 23.1 Å². The molecule has 1 aliphatic rings. The number of benzene rings is 1. The van der Waals surface area contributed by atoms with Gasteiger partial charge in [-0.05, 0) is 49.1 Å². The maximum atomic E-state index is 13.1. The van der Waals surface area contributed by atoms with Crippen molar-refractivity contribution in [1.29, 1.82) is 0 Å². The molecule has 2 atom stereocenters. The van der Waals surface area contributed by atoms with Crippen LogP contribution >= 0.6 is 11.8 Å². The Hall–Kier alpha value is -1.14. The van der Waals surface area contributed by atoms with E-state index in [0.717, 1.165) is 25.3 Å². The summed E-state index contributed by atoms with van der Waals surface area (Å²) in [5.41, 5.74) is 5.29. The second-order valence-corrected chi connectivity index (χ2v) is 6.50. The van der Waals surface area contributed by atoms with Crippen LogP contribution in [0.2, 0.25) is 0 Å². The summed E-state index contributed by atoms with van der Waals surface area (Å²) in [4.78, 5) is 12.5. The highest BCUT2D eigenvalue weighted by Gasteiger charge is 2.46. The van der Waals surface area contributed by atoms with Crippen LogP contribution in [0.25, 0.3) is 0 Å². The summed E-state index contributed by atoms with van der Waals surface area (Å²) in [5, 5.41) is 0. The van der Waals surface area contributed by atoms with Gasteiger partial charge in [0.2, 0.25) is 0 Å². The molecule has 6 heteroatoms. The van der Waals surface area contributed by atoms with Crippen molar-refractivity contribution in [3.05, 3.63) is 29.8 Å². The molecule has 2 N–H and O–H groups in total. The SMILES string of the molecule is COC(=O)C1(N)CCCC1CCSc1ccc(F)c(F)c1. The molecule has 1 aromatic carbocycles. The molecule has 0 radical (unpaired) electrons. The van der Waals surface area contributed by atoms with Gasteiger partial charge in [-0.2, -0.15) is 0 Å². The summed E-state index contributed by atoms with van der Waals surface area (Å²) < 4.78 is 30.8. The lowest BCUT2D eigenvalue weighted by atomic mass is 9.86. The number of carbonyl (C=O) groups is 1.